The monoisotopic (exact) mass is 281 g/mol. The van der Waals surface area contributed by atoms with Gasteiger partial charge in [0.2, 0.25) is 0 Å². The Morgan fingerprint density at radius 2 is 2.00 bits per heavy atom. The molecule has 1 aliphatic carbocycles. The average Bonchev–Trinajstić information content (AvgIpc) is 2.44. The van der Waals surface area contributed by atoms with Gasteiger partial charge in [-0.1, -0.05) is 33.1 Å². The molecule has 2 rings (SSSR count). The van der Waals surface area contributed by atoms with Crippen molar-refractivity contribution >= 4 is 5.78 Å². The highest BCUT2D eigenvalue weighted by atomic mass is 16.5. The molecule has 2 aliphatic rings. The average molecular weight is 281 g/mol. The van der Waals surface area contributed by atoms with Gasteiger partial charge in [0.1, 0.15) is 5.78 Å². The lowest BCUT2D eigenvalue weighted by molar-refractivity contribution is -0.146. The third-order valence-corrected chi connectivity index (χ3v) is 5.10. The van der Waals surface area contributed by atoms with E-state index in [1.807, 2.05) is 0 Å². The van der Waals surface area contributed by atoms with Crippen LogP contribution < -0.4 is 5.73 Å². The highest BCUT2D eigenvalue weighted by Gasteiger charge is 2.41. The zero-order valence-corrected chi connectivity index (χ0v) is 13.2. The van der Waals surface area contributed by atoms with Gasteiger partial charge in [-0.15, -0.1) is 0 Å². The molecular weight excluding hydrogens is 250 g/mol. The van der Waals surface area contributed by atoms with E-state index in [9.17, 15) is 4.79 Å². The molecule has 1 aliphatic heterocycles. The Labute approximate surface area is 123 Å². The number of hydrogen-bond donors (Lipinski definition) is 1. The summed E-state index contributed by atoms with van der Waals surface area (Å²) in [5.74, 6) is 1.19. The Bertz CT molecular complexity index is 315. The Hall–Kier alpha value is -0.410. The van der Waals surface area contributed by atoms with E-state index in [1.165, 1.54) is 19.3 Å². The number of nitrogens with two attached hydrogens (primary N) is 1. The lowest BCUT2D eigenvalue weighted by Gasteiger charge is -2.43. The van der Waals surface area contributed by atoms with Crippen molar-refractivity contribution in [3.63, 3.8) is 0 Å². The largest absolute Gasteiger partial charge is 0.375 e. The molecule has 2 unspecified atom stereocenters. The smallest absolute Gasteiger partial charge is 0.140 e. The van der Waals surface area contributed by atoms with Gasteiger partial charge in [-0.3, -0.25) is 4.79 Å². The summed E-state index contributed by atoms with van der Waals surface area (Å²) >= 11 is 0. The van der Waals surface area contributed by atoms with Crippen molar-refractivity contribution in [3.05, 3.63) is 0 Å². The SMILES string of the molecule is CC(C)CC(CN)C(=O)C1CCOC2(CCCCC2)C1. The van der Waals surface area contributed by atoms with E-state index in [0.717, 1.165) is 38.7 Å². The molecule has 0 aromatic heterocycles. The first-order valence-corrected chi connectivity index (χ1v) is 8.44. The molecule has 0 aromatic carbocycles. The first-order chi connectivity index (χ1) is 9.56. The van der Waals surface area contributed by atoms with Crippen molar-refractivity contribution < 1.29 is 9.53 Å². The minimum absolute atomic E-state index is 0.0216. The fraction of sp³-hybridized carbons (Fsp3) is 0.941. The Balaban J connectivity index is 1.98. The van der Waals surface area contributed by atoms with Crippen LogP contribution in [0.4, 0.5) is 0 Å². The Morgan fingerprint density at radius 3 is 2.60 bits per heavy atom. The zero-order valence-electron chi connectivity index (χ0n) is 13.2. The van der Waals surface area contributed by atoms with E-state index in [0.29, 0.717) is 18.2 Å². The van der Waals surface area contributed by atoms with Gasteiger partial charge in [0.25, 0.3) is 0 Å². The van der Waals surface area contributed by atoms with Crippen molar-refractivity contribution in [1.29, 1.82) is 0 Å². The molecule has 0 aromatic rings. The van der Waals surface area contributed by atoms with Crippen LogP contribution in [0, 0.1) is 17.8 Å². The summed E-state index contributed by atoms with van der Waals surface area (Å²) in [6, 6.07) is 0. The lowest BCUT2D eigenvalue weighted by Crippen LogP contribution is -2.45. The fourth-order valence-corrected chi connectivity index (χ4v) is 4.05. The summed E-state index contributed by atoms with van der Waals surface area (Å²) < 4.78 is 6.10. The van der Waals surface area contributed by atoms with Gasteiger partial charge in [-0.05, 0) is 38.0 Å². The summed E-state index contributed by atoms with van der Waals surface area (Å²) in [7, 11) is 0. The van der Waals surface area contributed by atoms with E-state index < -0.39 is 0 Å². The van der Waals surface area contributed by atoms with E-state index in [4.69, 9.17) is 10.5 Å². The second kappa shape index (κ2) is 7.04. The van der Waals surface area contributed by atoms with Crippen LogP contribution in [0.1, 0.15) is 65.2 Å². The van der Waals surface area contributed by atoms with Crippen LogP contribution in [0.2, 0.25) is 0 Å². The molecule has 0 bridgehead atoms. The number of hydrogen-bond acceptors (Lipinski definition) is 3. The standard InChI is InChI=1S/C17H31NO2/c1-13(2)10-15(12-18)16(19)14-6-9-20-17(11-14)7-4-3-5-8-17/h13-15H,3-12,18H2,1-2H3. The van der Waals surface area contributed by atoms with Crippen LogP contribution in [0.15, 0.2) is 0 Å². The summed E-state index contributed by atoms with van der Waals surface area (Å²) in [5, 5.41) is 0. The molecule has 1 saturated carbocycles. The van der Waals surface area contributed by atoms with Crippen LogP contribution in [-0.4, -0.2) is 24.5 Å². The fourth-order valence-electron chi connectivity index (χ4n) is 4.05. The molecule has 3 nitrogen and oxygen atoms in total. The predicted octanol–water partition coefficient (Wildman–Crippen LogP) is 3.31. The maximum absolute atomic E-state index is 12.8. The molecule has 116 valence electrons. The van der Waals surface area contributed by atoms with Crippen LogP contribution >= 0.6 is 0 Å². The van der Waals surface area contributed by atoms with Crippen molar-refractivity contribution in [2.24, 2.45) is 23.5 Å². The van der Waals surface area contributed by atoms with Crippen LogP contribution in [-0.2, 0) is 9.53 Å². The third-order valence-electron chi connectivity index (χ3n) is 5.10. The Kier molecular flexibility index (Phi) is 5.62. The topological polar surface area (TPSA) is 52.3 Å². The summed E-state index contributed by atoms with van der Waals surface area (Å²) in [5.41, 5.74) is 5.87. The van der Waals surface area contributed by atoms with Crippen molar-refractivity contribution in [3.8, 4) is 0 Å². The van der Waals surface area contributed by atoms with Gasteiger partial charge in [0, 0.05) is 25.0 Å². The van der Waals surface area contributed by atoms with Gasteiger partial charge >= 0.3 is 0 Å². The van der Waals surface area contributed by atoms with Crippen molar-refractivity contribution in [2.75, 3.05) is 13.2 Å². The number of Topliss-reactive ketones (excluding diaryl/α,β-unsaturated/α-hetero) is 1. The third kappa shape index (κ3) is 3.82. The number of carbonyl (C=O) groups excluding carboxylic acids is 1. The number of rotatable bonds is 5. The number of ether oxygens (including phenoxy) is 1. The molecule has 3 heteroatoms. The van der Waals surface area contributed by atoms with Gasteiger partial charge in [0.05, 0.1) is 5.60 Å². The second-order valence-electron chi connectivity index (χ2n) is 7.25. The summed E-state index contributed by atoms with van der Waals surface area (Å²) in [4.78, 5) is 12.8. The van der Waals surface area contributed by atoms with E-state index >= 15 is 0 Å². The summed E-state index contributed by atoms with van der Waals surface area (Å²) in [6.07, 6.45) is 8.90. The Morgan fingerprint density at radius 1 is 1.30 bits per heavy atom. The first-order valence-electron chi connectivity index (χ1n) is 8.44. The molecule has 0 amide bonds. The van der Waals surface area contributed by atoms with Gasteiger partial charge < -0.3 is 10.5 Å². The molecule has 1 spiro atoms. The normalized spacial score (nSPS) is 27.7. The predicted molar refractivity (Wildman–Crippen MR) is 81.5 cm³/mol. The molecule has 2 atom stereocenters. The van der Waals surface area contributed by atoms with Gasteiger partial charge in [0.15, 0.2) is 0 Å². The highest BCUT2D eigenvalue weighted by molar-refractivity contribution is 5.83. The molecule has 1 saturated heterocycles. The van der Waals surface area contributed by atoms with Crippen LogP contribution in [0.25, 0.3) is 0 Å². The van der Waals surface area contributed by atoms with E-state index in [2.05, 4.69) is 13.8 Å². The maximum atomic E-state index is 12.8. The quantitative estimate of drug-likeness (QED) is 0.841. The first kappa shape index (κ1) is 16.0. The molecule has 1 heterocycles. The van der Waals surface area contributed by atoms with Crippen molar-refractivity contribution in [2.45, 2.75) is 70.8 Å². The highest BCUT2D eigenvalue weighted by Crippen LogP contribution is 2.41. The molecule has 0 radical (unpaired) electrons. The molecule has 2 N–H and O–H groups in total. The molecule has 20 heavy (non-hydrogen) atoms. The molecule has 2 fully saturated rings. The van der Waals surface area contributed by atoms with Gasteiger partial charge in [-0.25, -0.2) is 0 Å². The van der Waals surface area contributed by atoms with Crippen LogP contribution in [0.5, 0.6) is 0 Å². The van der Waals surface area contributed by atoms with E-state index in [-0.39, 0.29) is 17.4 Å². The maximum Gasteiger partial charge on any atom is 0.140 e. The van der Waals surface area contributed by atoms with Crippen molar-refractivity contribution in [1.82, 2.24) is 0 Å². The minimum atomic E-state index is 0.0216. The lowest BCUT2D eigenvalue weighted by atomic mass is 9.73. The zero-order chi connectivity index (χ0) is 14.6. The van der Waals surface area contributed by atoms with Crippen LogP contribution in [0.3, 0.4) is 0 Å². The summed E-state index contributed by atoms with van der Waals surface area (Å²) in [6.45, 7) is 5.60. The number of carbonyl (C=O) groups is 1. The number of ketones is 1. The van der Waals surface area contributed by atoms with E-state index in [1.54, 1.807) is 0 Å². The van der Waals surface area contributed by atoms with Gasteiger partial charge in [-0.2, -0.15) is 0 Å². The second-order valence-corrected chi connectivity index (χ2v) is 7.25. The minimum Gasteiger partial charge on any atom is -0.375 e. The molecular formula is C17H31NO2.